The zero-order valence-electron chi connectivity index (χ0n) is 10.5. The second kappa shape index (κ2) is 4.86. The van der Waals surface area contributed by atoms with E-state index in [-0.39, 0.29) is 5.82 Å². The monoisotopic (exact) mass is 254 g/mol. The Hall–Kier alpha value is -2.13. The molecule has 19 heavy (non-hydrogen) atoms. The molecule has 0 amide bonds. The summed E-state index contributed by atoms with van der Waals surface area (Å²) in [6.07, 6.45) is 1.98. The summed E-state index contributed by atoms with van der Waals surface area (Å²) in [6, 6.07) is 14.9. The van der Waals surface area contributed by atoms with Crippen molar-refractivity contribution in [2.45, 2.75) is 13.1 Å². The molecule has 2 aromatic carbocycles. The number of fused-ring (bicyclic) bond motifs is 1. The van der Waals surface area contributed by atoms with Gasteiger partial charge < -0.3 is 10.3 Å². The van der Waals surface area contributed by atoms with Gasteiger partial charge in [0.1, 0.15) is 5.82 Å². The van der Waals surface area contributed by atoms with Crippen molar-refractivity contribution >= 4 is 10.9 Å². The van der Waals surface area contributed by atoms with Crippen LogP contribution in [0.4, 0.5) is 4.39 Å². The molecule has 96 valence electrons. The topological polar surface area (TPSA) is 30.9 Å². The zero-order chi connectivity index (χ0) is 13.2. The third kappa shape index (κ3) is 2.25. The summed E-state index contributed by atoms with van der Waals surface area (Å²) < 4.78 is 15.4. The standard InChI is InChI=1S/C16H15FN2/c17-15-6-5-12-7-8-19(16(12)9-15)11-14-4-2-1-3-13(14)10-18/h1-9H,10-11,18H2. The molecular weight excluding hydrogens is 239 g/mol. The Labute approximate surface area is 111 Å². The van der Waals surface area contributed by atoms with Crippen molar-refractivity contribution < 1.29 is 4.39 Å². The summed E-state index contributed by atoms with van der Waals surface area (Å²) in [7, 11) is 0. The van der Waals surface area contributed by atoms with E-state index in [0.29, 0.717) is 13.1 Å². The summed E-state index contributed by atoms with van der Waals surface area (Å²) in [4.78, 5) is 0. The lowest BCUT2D eigenvalue weighted by Crippen LogP contribution is -2.05. The van der Waals surface area contributed by atoms with Crippen LogP contribution in [0.5, 0.6) is 0 Å². The smallest absolute Gasteiger partial charge is 0.125 e. The minimum absolute atomic E-state index is 0.209. The summed E-state index contributed by atoms with van der Waals surface area (Å²) in [5.74, 6) is -0.209. The van der Waals surface area contributed by atoms with E-state index in [9.17, 15) is 4.39 Å². The average molecular weight is 254 g/mol. The molecule has 0 radical (unpaired) electrons. The molecule has 0 saturated heterocycles. The molecular formula is C16H15FN2. The van der Waals surface area contributed by atoms with Gasteiger partial charge >= 0.3 is 0 Å². The Balaban J connectivity index is 2.03. The van der Waals surface area contributed by atoms with Crippen molar-refractivity contribution in [1.29, 1.82) is 0 Å². The first-order valence-corrected chi connectivity index (χ1v) is 6.29. The van der Waals surface area contributed by atoms with Crippen molar-refractivity contribution in [3.63, 3.8) is 0 Å². The van der Waals surface area contributed by atoms with Crippen LogP contribution in [-0.4, -0.2) is 4.57 Å². The number of nitrogens with zero attached hydrogens (tertiary/aromatic N) is 1. The van der Waals surface area contributed by atoms with Gasteiger partial charge in [-0.15, -0.1) is 0 Å². The SMILES string of the molecule is NCc1ccccc1Cn1ccc2ccc(F)cc21. The largest absolute Gasteiger partial charge is 0.343 e. The predicted molar refractivity (Wildman–Crippen MR) is 75.3 cm³/mol. The normalized spacial score (nSPS) is 11.1. The Morgan fingerprint density at radius 2 is 1.79 bits per heavy atom. The maximum absolute atomic E-state index is 13.3. The van der Waals surface area contributed by atoms with Crippen molar-refractivity contribution in [3.8, 4) is 0 Å². The van der Waals surface area contributed by atoms with Crippen molar-refractivity contribution in [2.75, 3.05) is 0 Å². The number of rotatable bonds is 3. The molecule has 0 bridgehead atoms. The van der Waals surface area contributed by atoms with Gasteiger partial charge in [-0.2, -0.15) is 0 Å². The average Bonchev–Trinajstić information content (AvgIpc) is 2.82. The van der Waals surface area contributed by atoms with Gasteiger partial charge in [0, 0.05) is 19.3 Å². The first kappa shape index (κ1) is 11.9. The summed E-state index contributed by atoms with van der Waals surface area (Å²) in [5.41, 5.74) is 8.95. The van der Waals surface area contributed by atoms with E-state index in [4.69, 9.17) is 5.73 Å². The van der Waals surface area contributed by atoms with Gasteiger partial charge in [-0.3, -0.25) is 0 Å². The van der Waals surface area contributed by atoms with Crippen LogP contribution in [0.3, 0.4) is 0 Å². The highest BCUT2D eigenvalue weighted by Crippen LogP contribution is 2.19. The van der Waals surface area contributed by atoms with E-state index in [2.05, 4.69) is 6.07 Å². The Kier molecular flexibility index (Phi) is 3.05. The maximum atomic E-state index is 13.3. The van der Waals surface area contributed by atoms with E-state index in [1.54, 1.807) is 12.1 Å². The third-order valence-electron chi connectivity index (χ3n) is 3.41. The number of halogens is 1. The molecule has 0 unspecified atom stereocenters. The minimum Gasteiger partial charge on any atom is -0.343 e. The van der Waals surface area contributed by atoms with Crippen LogP contribution in [-0.2, 0) is 13.1 Å². The van der Waals surface area contributed by atoms with Gasteiger partial charge in [-0.1, -0.05) is 24.3 Å². The zero-order valence-corrected chi connectivity index (χ0v) is 10.5. The third-order valence-corrected chi connectivity index (χ3v) is 3.41. The predicted octanol–water partition coefficient (Wildman–Crippen LogP) is 3.29. The first-order valence-electron chi connectivity index (χ1n) is 6.29. The molecule has 2 N–H and O–H groups in total. The van der Waals surface area contributed by atoms with E-state index in [1.807, 2.05) is 35.0 Å². The number of hydrogen-bond acceptors (Lipinski definition) is 1. The first-order chi connectivity index (χ1) is 9.28. The number of nitrogens with two attached hydrogens (primary N) is 1. The van der Waals surface area contributed by atoms with Gasteiger partial charge in [-0.25, -0.2) is 4.39 Å². The molecule has 0 aliphatic heterocycles. The lowest BCUT2D eigenvalue weighted by atomic mass is 10.1. The van der Waals surface area contributed by atoms with Gasteiger partial charge in [0.15, 0.2) is 0 Å². The Bertz CT molecular complexity index is 716. The highest BCUT2D eigenvalue weighted by atomic mass is 19.1. The van der Waals surface area contributed by atoms with E-state index in [0.717, 1.165) is 16.5 Å². The Morgan fingerprint density at radius 1 is 1.00 bits per heavy atom. The molecule has 0 aliphatic rings. The van der Waals surface area contributed by atoms with Crippen LogP contribution < -0.4 is 5.73 Å². The molecule has 3 rings (SSSR count). The van der Waals surface area contributed by atoms with Crippen LogP contribution in [0.25, 0.3) is 10.9 Å². The summed E-state index contributed by atoms with van der Waals surface area (Å²) in [6.45, 7) is 1.23. The number of benzene rings is 2. The maximum Gasteiger partial charge on any atom is 0.125 e. The molecule has 0 aliphatic carbocycles. The quantitative estimate of drug-likeness (QED) is 0.764. The van der Waals surface area contributed by atoms with Crippen molar-refractivity contribution in [2.24, 2.45) is 5.73 Å². The van der Waals surface area contributed by atoms with Gasteiger partial charge in [0.2, 0.25) is 0 Å². The van der Waals surface area contributed by atoms with E-state index < -0.39 is 0 Å². The second-order valence-electron chi connectivity index (χ2n) is 4.62. The lowest BCUT2D eigenvalue weighted by Gasteiger charge is -2.10. The van der Waals surface area contributed by atoms with E-state index >= 15 is 0 Å². The van der Waals surface area contributed by atoms with Crippen molar-refractivity contribution in [1.82, 2.24) is 4.57 Å². The fourth-order valence-corrected chi connectivity index (χ4v) is 2.39. The lowest BCUT2D eigenvalue weighted by molar-refractivity contribution is 0.628. The van der Waals surface area contributed by atoms with Crippen LogP contribution >= 0.6 is 0 Å². The fourth-order valence-electron chi connectivity index (χ4n) is 2.39. The van der Waals surface area contributed by atoms with Gasteiger partial charge in [-0.05, 0) is 40.8 Å². The number of aromatic nitrogens is 1. The van der Waals surface area contributed by atoms with Crippen LogP contribution in [0.1, 0.15) is 11.1 Å². The summed E-state index contributed by atoms with van der Waals surface area (Å²) >= 11 is 0. The molecule has 0 fully saturated rings. The van der Waals surface area contributed by atoms with Crippen molar-refractivity contribution in [3.05, 3.63) is 71.7 Å². The molecule has 0 saturated carbocycles. The fraction of sp³-hybridized carbons (Fsp3) is 0.125. The Morgan fingerprint density at radius 3 is 2.58 bits per heavy atom. The molecule has 0 atom stereocenters. The second-order valence-corrected chi connectivity index (χ2v) is 4.62. The van der Waals surface area contributed by atoms with Gasteiger partial charge in [0.05, 0.1) is 5.52 Å². The highest BCUT2D eigenvalue weighted by Gasteiger charge is 2.05. The molecule has 3 aromatic rings. The van der Waals surface area contributed by atoms with Crippen LogP contribution in [0.2, 0.25) is 0 Å². The van der Waals surface area contributed by atoms with Gasteiger partial charge in [0.25, 0.3) is 0 Å². The molecule has 0 spiro atoms. The summed E-state index contributed by atoms with van der Waals surface area (Å²) in [5, 5.41) is 1.05. The molecule has 1 aromatic heterocycles. The highest BCUT2D eigenvalue weighted by molar-refractivity contribution is 5.80. The minimum atomic E-state index is -0.209. The van der Waals surface area contributed by atoms with Crippen LogP contribution in [0.15, 0.2) is 54.7 Å². The molecule has 2 nitrogen and oxygen atoms in total. The molecule has 3 heteroatoms. The van der Waals surface area contributed by atoms with Crippen LogP contribution in [0, 0.1) is 5.82 Å². The van der Waals surface area contributed by atoms with E-state index in [1.165, 1.54) is 11.6 Å². The molecule has 1 heterocycles. The number of hydrogen-bond donors (Lipinski definition) is 1.